The minimum absolute atomic E-state index is 0.196. The van der Waals surface area contributed by atoms with E-state index in [9.17, 15) is 26.0 Å². The number of rotatable bonds is 4. The fraction of sp³-hybridized carbons (Fsp3) is 0.167. The van der Waals surface area contributed by atoms with Gasteiger partial charge in [0.25, 0.3) is 0 Å². The van der Waals surface area contributed by atoms with Gasteiger partial charge in [-0.1, -0.05) is 11.2 Å². The molecule has 0 aliphatic heterocycles. The van der Waals surface area contributed by atoms with Crippen molar-refractivity contribution < 1.29 is 35.2 Å². The van der Waals surface area contributed by atoms with Crippen LogP contribution < -0.4 is 9.88 Å². The number of sulfonamides is 1. The highest BCUT2D eigenvalue weighted by atomic mass is 32.2. The Morgan fingerprint density at radius 2 is 1.72 bits per heavy atom. The van der Waals surface area contributed by atoms with Crippen LogP contribution in [0.25, 0.3) is 22.4 Å². The second kappa shape index (κ2) is 7.16. The van der Waals surface area contributed by atoms with E-state index in [1.807, 2.05) is 0 Å². The number of hydrogen-bond acceptors (Lipinski definition) is 5. The SMILES string of the molecule is Cc1cc(-c2noc(C)c2-c2ccc(S(N)(=O)=O)c(F)c2)ccc1OC(F)(F)F. The highest BCUT2D eigenvalue weighted by Gasteiger charge is 2.32. The summed E-state index contributed by atoms with van der Waals surface area (Å²) in [5, 5.41) is 8.87. The molecule has 1 aromatic heterocycles. The average Bonchev–Trinajstić information content (AvgIpc) is 2.96. The molecule has 0 atom stereocenters. The van der Waals surface area contributed by atoms with Gasteiger partial charge in [-0.05, 0) is 55.3 Å². The summed E-state index contributed by atoms with van der Waals surface area (Å²) in [7, 11) is -4.24. The molecule has 0 aliphatic carbocycles. The highest BCUT2D eigenvalue weighted by molar-refractivity contribution is 7.89. The first kappa shape index (κ1) is 20.8. The topological polar surface area (TPSA) is 95.4 Å². The third-order valence-corrected chi connectivity index (χ3v) is 5.01. The molecular formula is C18H14F4N2O4S. The predicted octanol–water partition coefficient (Wildman–Crippen LogP) is 4.31. The van der Waals surface area contributed by atoms with Crippen LogP contribution in [0, 0.1) is 19.7 Å². The van der Waals surface area contributed by atoms with E-state index in [0.29, 0.717) is 16.9 Å². The summed E-state index contributed by atoms with van der Waals surface area (Å²) < 4.78 is 83.5. The Morgan fingerprint density at radius 3 is 2.28 bits per heavy atom. The van der Waals surface area contributed by atoms with E-state index in [0.717, 1.165) is 18.2 Å². The number of hydrogen-bond donors (Lipinski definition) is 1. The standard InChI is InChI=1S/C18H14F4N2O4S/c1-9-7-12(3-5-14(9)27-18(20,21)22)17-16(10(2)28-24-17)11-4-6-15(13(19)8-11)29(23,25)26/h3-8H,1-2H3,(H2,23,25,26). The van der Waals surface area contributed by atoms with Crippen molar-refractivity contribution in [3.8, 4) is 28.1 Å². The lowest BCUT2D eigenvalue weighted by Gasteiger charge is -2.12. The lowest BCUT2D eigenvalue weighted by Crippen LogP contribution is -2.17. The molecule has 0 radical (unpaired) electrons. The summed E-state index contributed by atoms with van der Waals surface area (Å²) in [6.45, 7) is 2.99. The number of nitrogens with two attached hydrogens (primary N) is 1. The van der Waals surface area contributed by atoms with Gasteiger partial charge in [-0.15, -0.1) is 13.2 Å². The second-order valence-corrected chi connectivity index (χ2v) is 7.71. The van der Waals surface area contributed by atoms with Gasteiger partial charge >= 0.3 is 6.36 Å². The first-order valence-corrected chi connectivity index (χ1v) is 9.57. The van der Waals surface area contributed by atoms with Gasteiger partial charge in [0.05, 0.1) is 5.56 Å². The third kappa shape index (κ3) is 4.40. The van der Waals surface area contributed by atoms with Crippen LogP contribution in [0.2, 0.25) is 0 Å². The van der Waals surface area contributed by atoms with Crippen molar-refractivity contribution in [1.82, 2.24) is 5.16 Å². The highest BCUT2D eigenvalue weighted by Crippen LogP contribution is 2.37. The summed E-state index contributed by atoms with van der Waals surface area (Å²) in [6, 6.07) is 7.22. The van der Waals surface area contributed by atoms with Crippen LogP contribution in [-0.4, -0.2) is 19.9 Å². The monoisotopic (exact) mass is 430 g/mol. The number of aromatic nitrogens is 1. The molecule has 3 rings (SSSR count). The molecule has 0 amide bonds. The molecule has 0 fully saturated rings. The number of ether oxygens (including phenoxy) is 1. The third-order valence-electron chi connectivity index (χ3n) is 4.06. The van der Waals surface area contributed by atoms with Crippen molar-refractivity contribution >= 4 is 10.0 Å². The molecular weight excluding hydrogens is 416 g/mol. The Kier molecular flexibility index (Phi) is 5.13. The Balaban J connectivity index is 2.08. The van der Waals surface area contributed by atoms with Gasteiger partial charge < -0.3 is 9.26 Å². The lowest BCUT2D eigenvalue weighted by molar-refractivity contribution is -0.274. The summed E-state index contributed by atoms with van der Waals surface area (Å²) in [6.07, 6.45) is -4.83. The average molecular weight is 430 g/mol. The summed E-state index contributed by atoms with van der Waals surface area (Å²) in [5.74, 6) is -1.12. The van der Waals surface area contributed by atoms with Crippen LogP contribution in [-0.2, 0) is 10.0 Å². The molecule has 0 saturated heterocycles. The van der Waals surface area contributed by atoms with E-state index in [-0.39, 0.29) is 22.6 Å². The Morgan fingerprint density at radius 1 is 1.07 bits per heavy atom. The van der Waals surface area contributed by atoms with Crippen LogP contribution >= 0.6 is 0 Å². The minimum Gasteiger partial charge on any atom is -0.406 e. The molecule has 0 aliphatic rings. The van der Waals surface area contributed by atoms with Crippen LogP contribution in [0.4, 0.5) is 17.6 Å². The van der Waals surface area contributed by atoms with Gasteiger partial charge in [-0.3, -0.25) is 0 Å². The molecule has 1 heterocycles. The Hall–Kier alpha value is -2.92. The van der Waals surface area contributed by atoms with Crippen molar-refractivity contribution in [1.29, 1.82) is 0 Å². The predicted molar refractivity (Wildman–Crippen MR) is 94.9 cm³/mol. The summed E-state index contributed by atoms with van der Waals surface area (Å²) in [4.78, 5) is -0.665. The molecule has 0 bridgehead atoms. The maximum Gasteiger partial charge on any atom is 0.573 e. The van der Waals surface area contributed by atoms with Gasteiger partial charge in [0.1, 0.15) is 27.9 Å². The molecule has 0 saturated carbocycles. The van der Waals surface area contributed by atoms with E-state index in [1.165, 1.54) is 25.1 Å². The number of nitrogens with zero attached hydrogens (tertiary/aromatic N) is 1. The maximum absolute atomic E-state index is 14.2. The van der Waals surface area contributed by atoms with Crippen LogP contribution in [0.5, 0.6) is 5.75 Å². The van der Waals surface area contributed by atoms with E-state index in [1.54, 1.807) is 6.92 Å². The molecule has 11 heteroatoms. The first-order valence-electron chi connectivity index (χ1n) is 8.02. The fourth-order valence-corrected chi connectivity index (χ4v) is 3.42. The summed E-state index contributed by atoms with van der Waals surface area (Å²) >= 11 is 0. The summed E-state index contributed by atoms with van der Waals surface area (Å²) in [5.41, 5.74) is 1.46. The molecule has 29 heavy (non-hydrogen) atoms. The van der Waals surface area contributed by atoms with Crippen molar-refractivity contribution in [3.63, 3.8) is 0 Å². The molecule has 2 N–H and O–H groups in total. The Bertz CT molecular complexity index is 1190. The zero-order valence-corrected chi connectivity index (χ0v) is 15.9. The van der Waals surface area contributed by atoms with Crippen LogP contribution in [0.15, 0.2) is 45.8 Å². The largest absolute Gasteiger partial charge is 0.573 e. The smallest absolute Gasteiger partial charge is 0.406 e. The molecule has 154 valence electrons. The second-order valence-electron chi connectivity index (χ2n) is 6.18. The number of benzene rings is 2. The molecule has 0 unspecified atom stereocenters. The van der Waals surface area contributed by atoms with E-state index < -0.39 is 27.1 Å². The van der Waals surface area contributed by atoms with E-state index in [2.05, 4.69) is 9.89 Å². The zero-order valence-electron chi connectivity index (χ0n) is 15.0. The van der Waals surface area contributed by atoms with Gasteiger partial charge in [0.2, 0.25) is 10.0 Å². The maximum atomic E-state index is 14.2. The molecule has 2 aromatic carbocycles. The lowest BCUT2D eigenvalue weighted by atomic mass is 9.98. The van der Waals surface area contributed by atoms with Crippen molar-refractivity contribution in [2.45, 2.75) is 25.1 Å². The van der Waals surface area contributed by atoms with Crippen molar-refractivity contribution in [2.24, 2.45) is 5.14 Å². The van der Waals surface area contributed by atoms with Gasteiger partial charge in [-0.2, -0.15) is 0 Å². The fourth-order valence-electron chi connectivity index (χ4n) is 2.83. The van der Waals surface area contributed by atoms with E-state index in [4.69, 9.17) is 9.66 Å². The number of primary sulfonamides is 1. The molecule has 6 nitrogen and oxygen atoms in total. The van der Waals surface area contributed by atoms with Crippen LogP contribution in [0.1, 0.15) is 11.3 Å². The van der Waals surface area contributed by atoms with E-state index >= 15 is 0 Å². The quantitative estimate of drug-likeness (QED) is 0.623. The normalized spacial score (nSPS) is 12.2. The molecule has 0 spiro atoms. The van der Waals surface area contributed by atoms with Crippen molar-refractivity contribution in [2.75, 3.05) is 0 Å². The first-order chi connectivity index (χ1) is 13.4. The molecule has 3 aromatic rings. The van der Waals surface area contributed by atoms with Gasteiger partial charge in [0.15, 0.2) is 0 Å². The number of aryl methyl sites for hydroxylation is 2. The van der Waals surface area contributed by atoms with Gasteiger partial charge in [0, 0.05) is 5.56 Å². The zero-order chi connectivity index (χ0) is 21.6. The number of alkyl halides is 3. The van der Waals surface area contributed by atoms with Crippen LogP contribution in [0.3, 0.4) is 0 Å². The number of halogens is 4. The van der Waals surface area contributed by atoms with Crippen molar-refractivity contribution in [3.05, 3.63) is 53.5 Å². The minimum atomic E-state index is -4.83. The van der Waals surface area contributed by atoms with Gasteiger partial charge in [-0.25, -0.2) is 17.9 Å². The Labute approximate surface area is 162 Å².